The van der Waals surface area contributed by atoms with Gasteiger partial charge in [-0.25, -0.2) is 0 Å². The summed E-state index contributed by atoms with van der Waals surface area (Å²) in [4.78, 5) is 12.5. The highest BCUT2D eigenvalue weighted by molar-refractivity contribution is 8.00. The molecule has 110 valence electrons. The van der Waals surface area contributed by atoms with E-state index in [-0.39, 0.29) is 5.75 Å². The maximum atomic E-state index is 11.7. The molecular weight excluding hydrogens is 296 g/mol. The lowest BCUT2D eigenvalue weighted by Crippen LogP contribution is -2.08. The monoisotopic (exact) mass is 310 g/mol. The number of carboxylic acid groups (broad SMARTS) is 1. The van der Waals surface area contributed by atoms with Crippen molar-refractivity contribution in [2.45, 2.75) is 10.1 Å². The van der Waals surface area contributed by atoms with Crippen LogP contribution in [0.15, 0.2) is 71.6 Å². The van der Waals surface area contributed by atoms with Crippen LogP contribution in [0.3, 0.4) is 0 Å². The van der Waals surface area contributed by atoms with E-state index >= 15 is 0 Å². The van der Waals surface area contributed by atoms with Gasteiger partial charge < -0.3 is 10.2 Å². The zero-order valence-electron chi connectivity index (χ0n) is 11.6. The van der Waals surface area contributed by atoms with E-state index in [1.165, 1.54) is 11.8 Å². The molecule has 1 unspecified atom stereocenters. The summed E-state index contributed by atoms with van der Waals surface area (Å²) >= 11 is 1.26. The van der Waals surface area contributed by atoms with Gasteiger partial charge in [-0.3, -0.25) is 4.79 Å². The number of thioether (sulfide) groups is 1. The molecule has 0 aliphatic carbocycles. The van der Waals surface area contributed by atoms with Crippen molar-refractivity contribution in [1.82, 2.24) is 0 Å². The zero-order chi connectivity index (χ0) is 15.5. The summed E-state index contributed by atoms with van der Waals surface area (Å²) < 4.78 is 0. The predicted octanol–water partition coefficient (Wildman–Crippen LogP) is 4.46. The lowest BCUT2D eigenvalue weighted by molar-refractivity contribution is -0.136. The molecule has 0 bridgehead atoms. The molecule has 1 atom stereocenters. The SMILES string of the molecule is O=C(O)C(Sc1ccc(O)cc1)c1cccc2ccccc12. The fourth-order valence-corrected chi connectivity index (χ4v) is 3.39. The van der Waals surface area contributed by atoms with Crippen molar-refractivity contribution in [1.29, 1.82) is 0 Å². The van der Waals surface area contributed by atoms with Gasteiger partial charge in [0.25, 0.3) is 0 Å². The molecule has 0 spiro atoms. The lowest BCUT2D eigenvalue weighted by Gasteiger charge is -2.15. The maximum absolute atomic E-state index is 11.7. The van der Waals surface area contributed by atoms with Gasteiger partial charge in [-0.1, -0.05) is 42.5 Å². The number of carbonyl (C=O) groups is 1. The van der Waals surface area contributed by atoms with Crippen molar-refractivity contribution in [3.63, 3.8) is 0 Å². The summed E-state index contributed by atoms with van der Waals surface area (Å²) in [5.41, 5.74) is 0.781. The fourth-order valence-electron chi connectivity index (χ4n) is 2.39. The average Bonchev–Trinajstić information content (AvgIpc) is 2.54. The lowest BCUT2D eigenvalue weighted by atomic mass is 10.0. The van der Waals surface area contributed by atoms with Gasteiger partial charge in [-0.2, -0.15) is 0 Å². The third-order valence-electron chi connectivity index (χ3n) is 3.42. The second-order valence-corrected chi connectivity index (χ2v) is 6.08. The number of benzene rings is 3. The number of rotatable bonds is 4. The number of hydrogen-bond acceptors (Lipinski definition) is 3. The molecule has 0 radical (unpaired) electrons. The maximum Gasteiger partial charge on any atom is 0.321 e. The topological polar surface area (TPSA) is 57.5 Å². The van der Waals surface area contributed by atoms with E-state index in [0.29, 0.717) is 0 Å². The Kier molecular flexibility index (Phi) is 4.02. The van der Waals surface area contributed by atoms with Gasteiger partial charge in [0.2, 0.25) is 0 Å². The standard InChI is InChI=1S/C18H14O3S/c19-13-8-10-14(11-9-13)22-17(18(20)21)16-7-3-5-12-4-1-2-6-15(12)16/h1-11,17,19H,(H,20,21). The molecule has 3 aromatic carbocycles. The van der Waals surface area contributed by atoms with Crippen LogP contribution in [0, 0.1) is 0 Å². The number of hydrogen-bond donors (Lipinski definition) is 2. The first-order valence-electron chi connectivity index (χ1n) is 6.81. The zero-order valence-corrected chi connectivity index (χ0v) is 12.5. The smallest absolute Gasteiger partial charge is 0.321 e. The minimum Gasteiger partial charge on any atom is -0.508 e. The van der Waals surface area contributed by atoms with Crippen LogP contribution in [0.4, 0.5) is 0 Å². The van der Waals surface area contributed by atoms with Crippen molar-refractivity contribution in [2.24, 2.45) is 0 Å². The fraction of sp³-hybridized carbons (Fsp3) is 0.0556. The van der Waals surface area contributed by atoms with Crippen molar-refractivity contribution in [3.8, 4) is 5.75 Å². The third kappa shape index (κ3) is 2.92. The number of carboxylic acids is 1. The molecule has 22 heavy (non-hydrogen) atoms. The molecule has 4 heteroatoms. The van der Waals surface area contributed by atoms with E-state index < -0.39 is 11.2 Å². The van der Waals surface area contributed by atoms with E-state index in [9.17, 15) is 15.0 Å². The quantitative estimate of drug-likeness (QED) is 0.698. The van der Waals surface area contributed by atoms with Gasteiger partial charge >= 0.3 is 5.97 Å². The Morgan fingerprint density at radius 2 is 1.59 bits per heavy atom. The summed E-state index contributed by atoms with van der Waals surface area (Å²) in [5.74, 6) is -0.712. The molecule has 3 aromatic rings. The Labute approximate surface area is 132 Å². The molecule has 0 amide bonds. The molecule has 3 nitrogen and oxygen atoms in total. The summed E-state index contributed by atoms with van der Waals surface area (Å²) in [6.45, 7) is 0. The van der Waals surface area contributed by atoms with Gasteiger partial charge in [0.15, 0.2) is 0 Å². The Bertz CT molecular complexity index is 807. The highest BCUT2D eigenvalue weighted by Crippen LogP contribution is 2.38. The van der Waals surface area contributed by atoms with Gasteiger partial charge in [0.1, 0.15) is 11.0 Å². The molecule has 0 aromatic heterocycles. The predicted molar refractivity (Wildman–Crippen MR) is 88.3 cm³/mol. The molecule has 3 rings (SSSR count). The van der Waals surface area contributed by atoms with Crippen LogP contribution in [0.25, 0.3) is 10.8 Å². The summed E-state index contributed by atoms with van der Waals surface area (Å²) in [6, 6.07) is 20.0. The molecule has 0 saturated carbocycles. The Hall–Kier alpha value is -2.46. The molecular formula is C18H14O3S. The van der Waals surface area contributed by atoms with Crippen LogP contribution >= 0.6 is 11.8 Å². The number of phenolic OH excluding ortho intramolecular Hbond substituents is 1. The second-order valence-electron chi connectivity index (χ2n) is 4.90. The highest BCUT2D eigenvalue weighted by atomic mass is 32.2. The average molecular weight is 310 g/mol. The van der Waals surface area contributed by atoms with Gasteiger partial charge in [0, 0.05) is 4.90 Å². The second kappa shape index (κ2) is 6.12. The molecule has 0 fully saturated rings. The van der Waals surface area contributed by atoms with Gasteiger partial charge in [0.05, 0.1) is 0 Å². The number of phenols is 1. The Morgan fingerprint density at radius 1 is 0.909 bits per heavy atom. The van der Waals surface area contributed by atoms with E-state index in [1.807, 2.05) is 42.5 Å². The normalized spacial score (nSPS) is 12.2. The number of aromatic hydroxyl groups is 1. The van der Waals surface area contributed by atoms with Gasteiger partial charge in [-0.05, 0) is 40.6 Å². The van der Waals surface area contributed by atoms with Gasteiger partial charge in [-0.15, -0.1) is 11.8 Å². The van der Waals surface area contributed by atoms with E-state index in [0.717, 1.165) is 21.2 Å². The minimum absolute atomic E-state index is 0.168. The van der Waals surface area contributed by atoms with Crippen LogP contribution in [-0.4, -0.2) is 16.2 Å². The van der Waals surface area contributed by atoms with Crippen LogP contribution in [0.1, 0.15) is 10.8 Å². The van der Waals surface area contributed by atoms with E-state index in [1.54, 1.807) is 24.3 Å². The van der Waals surface area contributed by atoms with Crippen LogP contribution in [-0.2, 0) is 4.79 Å². The molecule has 2 N–H and O–H groups in total. The van der Waals surface area contributed by atoms with Crippen LogP contribution in [0.5, 0.6) is 5.75 Å². The van der Waals surface area contributed by atoms with Crippen molar-refractivity contribution in [3.05, 3.63) is 72.3 Å². The summed E-state index contributed by atoms with van der Waals surface area (Å²) in [5, 5.41) is 20.2. The van der Waals surface area contributed by atoms with Crippen molar-refractivity contribution >= 4 is 28.5 Å². The van der Waals surface area contributed by atoms with Crippen molar-refractivity contribution < 1.29 is 15.0 Å². The first-order chi connectivity index (χ1) is 10.6. The van der Waals surface area contributed by atoms with Crippen LogP contribution < -0.4 is 0 Å². The largest absolute Gasteiger partial charge is 0.508 e. The molecule has 0 aliphatic heterocycles. The Morgan fingerprint density at radius 3 is 2.32 bits per heavy atom. The highest BCUT2D eigenvalue weighted by Gasteiger charge is 2.23. The number of aliphatic carboxylic acids is 1. The third-order valence-corrected chi connectivity index (χ3v) is 4.66. The molecule has 0 heterocycles. The van der Waals surface area contributed by atoms with Crippen molar-refractivity contribution in [2.75, 3.05) is 0 Å². The molecule has 0 saturated heterocycles. The first kappa shape index (κ1) is 14.5. The summed E-state index contributed by atoms with van der Waals surface area (Å²) in [7, 11) is 0. The Balaban J connectivity index is 2.03. The minimum atomic E-state index is -0.880. The van der Waals surface area contributed by atoms with Crippen LogP contribution in [0.2, 0.25) is 0 Å². The van der Waals surface area contributed by atoms with E-state index in [4.69, 9.17) is 0 Å². The first-order valence-corrected chi connectivity index (χ1v) is 7.69. The summed E-state index contributed by atoms with van der Waals surface area (Å²) in [6.07, 6.45) is 0. The van der Waals surface area contributed by atoms with E-state index in [2.05, 4.69) is 0 Å². The number of fused-ring (bicyclic) bond motifs is 1. The molecule has 0 aliphatic rings.